The molecular formula is C18H15N3O5S. The SMILES string of the molecule is COC(=O)c1ccccc1NC(=S)NC(=O)/C=C/c1ccc([N+](=O)[O-])cc1. The van der Waals surface area contributed by atoms with E-state index < -0.39 is 16.8 Å². The van der Waals surface area contributed by atoms with Crippen molar-refractivity contribution in [3.8, 4) is 0 Å². The molecule has 0 fully saturated rings. The third-order valence-corrected chi connectivity index (χ3v) is 3.55. The fourth-order valence-electron chi connectivity index (χ4n) is 2.07. The second kappa shape index (κ2) is 9.20. The summed E-state index contributed by atoms with van der Waals surface area (Å²) in [5, 5.41) is 15.8. The van der Waals surface area contributed by atoms with Gasteiger partial charge in [-0.2, -0.15) is 0 Å². The second-order valence-corrected chi connectivity index (χ2v) is 5.57. The van der Waals surface area contributed by atoms with Crippen LogP contribution in [0, 0.1) is 10.1 Å². The Hall–Kier alpha value is -3.59. The predicted molar refractivity (Wildman–Crippen MR) is 104 cm³/mol. The summed E-state index contributed by atoms with van der Waals surface area (Å²) in [7, 11) is 1.27. The topological polar surface area (TPSA) is 111 Å². The van der Waals surface area contributed by atoms with Crippen LogP contribution in [0.15, 0.2) is 54.6 Å². The van der Waals surface area contributed by atoms with Gasteiger partial charge in [-0.05, 0) is 48.1 Å². The van der Waals surface area contributed by atoms with Gasteiger partial charge in [-0.3, -0.25) is 20.2 Å². The highest BCUT2D eigenvalue weighted by Gasteiger charge is 2.12. The zero-order chi connectivity index (χ0) is 19.8. The average molecular weight is 385 g/mol. The highest BCUT2D eigenvalue weighted by atomic mass is 32.1. The van der Waals surface area contributed by atoms with Crippen LogP contribution in [0.5, 0.6) is 0 Å². The molecule has 8 nitrogen and oxygen atoms in total. The van der Waals surface area contributed by atoms with E-state index in [-0.39, 0.29) is 16.4 Å². The van der Waals surface area contributed by atoms with Crippen molar-refractivity contribution in [2.75, 3.05) is 12.4 Å². The van der Waals surface area contributed by atoms with Crippen molar-refractivity contribution in [3.63, 3.8) is 0 Å². The van der Waals surface area contributed by atoms with Crippen LogP contribution in [0.2, 0.25) is 0 Å². The lowest BCUT2D eigenvalue weighted by atomic mass is 10.2. The van der Waals surface area contributed by atoms with Gasteiger partial charge in [0, 0.05) is 18.2 Å². The van der Waals surface area contributed by atoms with Gasteiger partial charge in [-0.25, -0.2) is 4.79 Å². The fourth-order valence-corrected chi connectivity index (χ4v) is 2.28. The molecule has 0 unspecified atom stereocenters. The minimum absolute atomic E-state index is 0.00435. The minimum atomic E-state index is -0.537. The standard InChI is InChI=1S/C18H15N3O5S/c1-26-17(23)14-4-2-3-5-15(14)19-18(27)20-16(22)11-8-12-6-9-13(10-7-12)21(24)25/h2-11H,1H3,(H2,19,20,22,27)/b11-8+. The molecular weight excluding hydrogens is 370 g/mol. The third kappa shape index (κ3) is 5.72. The minimum Gasteiger partial charge on any atom is -0.465 e. The maximum atomic E-state index is 11.9. The van der Waals surface area contributed by atoms with E-state index in [0.29, 0.717) is 11.3 Å². The molecule has 0 bridgehead atoms. The number of nitrogens with zero attached hydrogens (tertiary/aromatic N) is 1. The van der Waals surface area contributed by atoms with E-state index in [1.807, 2.05) is 0 Å². The van der Waals surface area contributed by atoms with E-state index in [1.165, 1.54) is 43.5 Å². The van der Waals surface area contributed by atoms with E-state index in [4.69, 9.17) is 12.2 Å². The van der Waals surface area contributed by atoms with Gasteiger partial charge in [-0.15, -0.1) is 0 Å². The number of methoxy groups -OCH3 is 1. The normalized spacial score (nSPS) is 10.3. The fraction of sp³-hybridized carbons (Fsp3) is 0.0556. The number of carbonyl (C=O) groups is 2. The molecule has 0 heterocycles. The molecule has 0 aromatic heterocycles. The molecule has 0 saturated carbocycles. The number of ether oxygens (including phenoxy) is 1. The van der Waals surface area contributed by atoms with E-state index in [2.05, 4.69) is 15.4 Å². The number of non-ortho nitro benzene ring substituents is 1. The Morgan fingerprint density at radius 2 is 1.81 bits per heavy atom. The molecule has 27 heavy (non-hydrogen) atoms. The number of thiocarbonyl (C=S) groups is 1. The van der Waals surface area contributed by atoms with Crippen molar-refractivity contribution < 1.29 is 19.2 Å². The maximum absolute atomic E-state index is 11.9. The zero-order valence-corrected chi connectivity index (χ0v) is 15.0. The number of benzene rings is 2. The molecule has 1 amide bonds. The second-order valence-electron chi connectivity index (χ2n) is 5.16. The van der Waals surface area contributed by atoms with Gasteiger partial charge in [0.1, 0.15) is 0 Å². The quantitative estimate of drug-likeness (QED) is 0.268. The van der Waals surface area contributed by atoms with Gasteiger partial charge >= 0.3 is 5.97 Å². The van der Waals surface area contributed by atoms with Crippen LogP contribution in [0.25, 0.3) is 6.08 Å². The van der Waals surface area contributed by atoms with Crippen molar-refractivity contribution in [2.24, 2.45) is 0 Å². The molecule has 2 N–H and O–H groups in total. The Bertz CT molecular complexity index is 909. The molecule has 0 saturated heterocycles. The number of para-hydroxylation sites is 1. The van der Waals surface area contributed by atoms with Crippen LogP contribution in [-0.2, 0) is 9.53 Å². The smallest absolute Gasteiger partial charge is 0.339 e. The van der Waals surface area contributed by atoms with E-state index in [1.54, 1.807) is 24.3 Å². The number of rotatable bonds is 5. The Labute approximate surface area is 160 Å². The number of nitro groups is 1. The maximum Gasteiger partial charge on any atom is 0.339 e. The van der Waals surface area contributed by atoms with Crippen LogP contribution in [0.3, 0.4) is 0 Å². The first kappa shape index (κ1) is 19.7. The van der Waals surface area contributed by atoms with Gasteiger partial charge in [0.25, 0.3) is 5.69 Å². The Balaban J connectivity index is 1.97. The van der Waals surface area contributed by atoms with E-state index in [0.717, 1.165) is 0 Å². The molecule has 2 aromatic carbocycles. The first-order chi connectivity index (χ1) is 12.9. The van der Waals surface area contributed by atoms with Gasteiger partial charge in [0.15, 0.2) is 5.11 Å². The highest BCUT2D eigenvalue weighted by Crippen LogP contribution is 2.16. The van der Waals surface area contributed by atoms with Gasteiger partial charge < -0.3 is 10.1 Å². The van der Waals surface area contributed by atoms with Crippen LogP contribution in [-0.4, -0.2) is 29.0 Å². The van der Waals surface area contributed by atoms with Crippen molar-refractivity contribution in [3.05, 3.63) is 75.8 Å². The first-order valence-electron chi connectivity index (χ1n) is 7.62. The summed E-state index contributed by atoms with van der Waals surface area (Å²) in [5.41, 5.74) is 1.25. The molecule has 0 atom stereocenters. The Morgan fingerprint density at radius 1 is 1.15 bits per heavy atom. The molecule has 2 rings (SSSR count). The number of hydrogen-bond acceptors (Lipinski definition) is 6. The molecule has 0 aliphatic carbocycles. The summed E-state index contributed by atoms with van der Waals surface area (Å²) in [6.07, 6.45) is 2.73. The number of esters is 1. The average Bonchev–Trinajstić information content (AvgIpc) is 2.66. The lowest BCUT2D eigenvalue weighted by molar-refractivity contribution is -0.384. The molecule has 0 aliphatic rings. The summed E-state index contributed by atoms with van der Waals surface area (Å²) in [5.74, 6) is -1.04. The first-order valence-corrected chi connectivity index (χ1v) is 8.03. The number of hydrogen-bond donors (Lipinski definition) is 2. The summed E-state index contributed by atoms with van der Waals surface area (Å²) in [6, 6.07) is 12.3. The summed E-state index contributed by atoms with van der Waals surface area (Å²) >= 11 is 5.07. The lowest BCUT2D eigenvalue weighted by Crippen LogP contribution is -2.33. The van der Waals surface area contributed by atoms with Crippen molar-refractivity contribution in [2.45, 2.75) is 0 Å². The molecule has 0 spiro atoms. The molecule has 0 aliphatic heterocycles. The van der Waals surface area contributed by atoms with Gasteiger partial charge in [-0.1, -0.05) is 12.1 Å². The molecule has 2 aromatic rings. The van der Waals surface area contributed by atoms with Crippen LogP contribution in [0.4, 0.5) is 11.4 Å². The van der Waals surface area contributed by atoms with Gasteiger partial charge in [0.05, 0.1) is 23.3 Å². The van der Waals surface area contributed by atoms with Crippen LogP contribution in [0.1, 0.15) is 15.9 Å². The largest absolute Gasteiger partial charge is 0.465 e. The predicted octanol–water partition coefficient (Wildman–Crippen LogP) is 2.91. The Kier molecular flexibility index (Phi) is 6.73. The zero-order valence-electron chi connectivity index (χ0n) is 14.2. The highest BCUT2D eigenvalue weighted by molar-refractivity contribution is 7.80. The number of carbonyl (C=O) groups excluding carboxylic acids is 2. The molecule has 0 radical (unpaired) electrons. The molecule has 138 valence electrons. The van der Waals surface area contributed by atoms with Gasteiger partial charge in [0.2, 0.25) is 5.91 Å². The number of nitro benzene ring substituents is 1. The van der Waals surface area contributed by atoms with E-state index >= 15 is 0 Å². The van der Waals surface area contributed by atoms with Crippen LogP contribution < -0.4 is 10.6 Å². The van der Waals surface area contributed by atoms with Crippen LogP contribution >= 0.6 is 12.2 Å². The Morgan fingerprint density at radius 3 is 2.44 bits per heavy atom. The number of anilines is 1. The van der Waals surface area contributed by atoms with Crippen molar-refractivity contribution in [1.82, 2.24) is 5.32 Å². The summed E-state index contributed by atoms with van der Waals surface area (Å²) < 4.78 is 4.69. The monoisotopic (exact) mass is 385 g/mol. The third-order valence-electron chi connectivity index (χ3n) is 3.35. The van der Waals surface area contributed by atoms with Crippen molar-refractivity contribution in [1.29, 1.82) is 0 Å². The molecule has 9 heteroatoms. The van der Waals surface area contributed by atoms with Crippen molar-refractivity contribution >= 4 is 46.7 Å². The number of amides is 1. The van der Waals surface area contributed by atoms with E-state index in [9.17, 15) is 19.7 Å². The lowest BCUT2D eigenvalue weighted by Gasteiger charge is -2.11. The number of nitrogens with one attached hydrogen (secondary N) is 2. The summed E-state index contributed by atoms with van der Waals surface area (Å²) in [4.78, 5) is 33.8. The summed E-state index contributed by atoms with van der Waals surface area (Å²) in [6.45, 7) is 0.